The molecule has 6 nitrogen and oxygen atoms in total. The van der Waals surface area contributed by atoms with E-state index in [0.29, 0.717) is 11.5 Å². The van der Waals surface area contributed by atoms with Gasteiger partial charge in [-0.25, -0.2) is 9.78 Å². The molecule has 0 aliphatic carbocycles. The monoisotopic (exact) mass is 505 g/mol. The highest BCUT2D eigenvalue weighted by atomic mass is 32.1. The number of aromatic nitrogens is 2. The number of pyridine rings is 2. The summed E-state index contributed by atoms with van der Waals surface area (Å²) in [7, 11) is 0. The van der Waals surface area contributed by atoms with Crippen molar-refractivity contribution in [2.24, 2.45) is 5.73 Å². The lowest BCUT2D eigenvalue weighted by Crippen LogP contribution is -2.31. The van der Waals surface area contributed by atoms with Crippen LogP contribution >= 0.6 is 11.3 Å². The second-order valence-corrected chi connectivity index (χ2v) is 8.79. The van der Waals surface area contributed by atoms with Crippen molar-refractivity contribution >= 4 is 44.6 Å². The number of halogens is 3. The highest BCUT2D eigenvalue weighted by Gasteiger charge is 2.31. The third-order valence-corrected chi connectivity index (χ3v) is 6.72. The first-order valence-electron chi connectivity index (χ1n) is 10.7. The molecule has 2 amide bonds. The summed E-state index contributed by atoms with van der Waals surface area (Å²) in [4.78, 5) is 21.7. The van der Waals surface area contributed by atoms with Gasteiger partial charge in [0.25, 0.3) is 0 Å². The van der Waals surface area contributed by atoms with Crippen LogP contribution in [0.5, 0.6) is 0 Å². The molecule has 3 aromatic heterocycles. The molecule has 0 aliphatic heterocycles. The molecule has 0 atom stereocenters. The summed E-state index contributed by atoms with van der Waals surface area (Å²) >= 11 is 1.53. The number of urea groups is 1. The number of amides is 2. The molecule has 0 fully saturated rings. The first-order chi connectivity index (χ1) is 17.2. The fraction of sp³-hybridized carbons (Fsp3) is 0.0385. The van der Waals surface area contributed by atoms with Crippen LogP contribution in [-0.2, 0) is 6.18 Å². The number of nitrogen functional groups attached to an aromatic ring is 1. The van der Waals surface area contributed by atoms with Crippen molar-refractivity contribution in [3.63, 3.8) is 0 Å². The summed E-state index contributed by atoms with van der Waals surface area (Å²) < 4.78 is 40.5. The largest absolute Gasteiger partial charge is 0.416 e. The standard InChI is InChI=1S/C26H18F3N5OS/c27-26(28,29)17-2-1-3-19(12-17)34(25(31)35)18-6-4-15(5-7-18)21-14-36-23-20(13-33-24(30)22(21)23)16-8-10-32-11-9-16/h1-14H,(H2,30,33)(H2,31,35). The van der Waals surface area contributed by atoms with Crippen LogP contribution < -0.4 is 16.4 Å². The van der Waals surface area contributed by atoms with E-state index in [1.807, 2.05) is 17.5 Å². The SMILES string of the molecule is NC(=O)N(c1ccc(-c2csc3c(-c4ccncc4)cnc(N)c23)cc1)c1cccc(C(F)(F)F)c1. The number of hydrogen-bond acceptors (Lipinski definition) is 5. The van der Waals surface area contributed by atoms with E-state index in [1.165, 1.54) is 23.5 Å². The number of carbonyl (C=O) groups excluding carboxylic acids is 1. The topological polar surface area (TPSA) is 98.1 Å². The molecule has 180 valence electrons. The fourth-order valence-electron chi connectivity index (χ4n) is 4.03. The number of primary amides is 1. The van der Waals surface area contributed by atoms with Gasteiger partial charge in [0.05, 0.1) is 16.9 Å². The molecule has 0 saturated carbocycles. The molecule has 0 bridgehead atoms. The Morgan fingerprint density at radius 1 is 0.917 bits per heavy atom. The maximum absolute atomic E-state index is 13.2. The van der Waals surface area contributed by atoms with E-state index in [2.05, 4.69) is 9.97 Å². The number of thiophene rings is 1. The molecule has 5 rings (SSSR count). The lowest BCUT2D eigenvalue weighted by atomic mass is 10.0. The molecule has 0 unspecified atom stereocenters. The van der Waals surface area contributed by atoms with Crippen LogP contribution in [0.1, 0.15) is 5.56 Å². The molecule has 0 spiro atoms. The van der Waals surface area contributed by atoms with Crippen LogP contribution in [-0.4, -0.2) is 16.0 Å². The quantitative estimate of drug-likeness (QED) is 0.279. The number of nitrogens with zero attached hydrogens (tertiary/aromatic N) is 3. The number of carbonyl (C=O) groups is 1. The number of hydrogen-bond donors (Lipinski definition) is 2. The van der Waals surface area contributed by atoms with Gasteiger partial charge in [-0.3, -0.25) is 9.88 Å². The average Bonchev–Trinajstić information content (AvgIpc) is 3.31. The van der Waals surface area contributed by atoms with Crippen LogP contribution in [0.2, 0.25) is 0 Å². The lowest BCUT2D eigenvalue weighted by Gasteiger charge is -2.22. The Bertz CT molecular complexity index is 1570. The normalized spacial score (nSPS) is 11.5. The average molecular weight is 506 g/mol. The number of fused-ring (bicyclic) bond motifs is 1. The predicted molar refractivity (Wildman–Crippen MR) is 136 cm³/mol. The minimum atomic E-state index is -4.55. The van der Waals surface area contributed by atoms with E-state index >= 15 is 0 Å². The molecule has 2 aromatic carbocycles. The second-order valence-electron chi connectivity index (χ2n) is 7.92. The highest BCUT2D eigenvalue weighted by molar-refractivity contribution is 7.18. The Balaban J connectivity index is 1.55. The zero-order chi connectivity index (χ0) is 25.4. The molecule has 4 N–H and O–H groups in total. The van der Waals surface area contributed by atoms with E-state index in [1.54, 1.807) is 42.9 Å². The number of anilines is 3. The zero-order valence-electron chi connectivity index (χ0n) is 18.5. The van der Waals surface area contributed by atoms with E-state index in [9.17, 15) is 18.0 Å². The molecular weight excluding hydrogens is 487 g/mol. The molecule has 10 heteroatoms. The van der Waals surface area contributed by atoms with Crippen LogP contribution in [0.3, 0.4) is 0 Å². The van der Waals surface area contributed by atoms with Gasteiger partial charge in [-0.1, -0.05) is 18.2 Å². The van der Waals surface area contributed by atoms with Gasteiger partial charge >= 0.3 is 12.2 Å². The van der Waals surface area contributed by atoms with Crippen molar-refractivity contribution in [2.75, 3.05) is 10.6 Å². The molecule has 5 aromatic rings. The Labute approximate surface area is 207 Å². The number of benzene rings is 2. The number of alkyl halides is 3. The maximum atomic E-state index is 13.2. The highest BCUT2D eigenvalue weighted by Crippen LogP contribution is 2.42. The van der Waals surface area contributed by atoms with Crippen molar-refractivity contribution in [1.82, 2.24) is 9.97 Å². The van der Waals surface area contributed by atoms with Crippen LogP contribution in [0.15, 0.2) is 84.6 Å². The van der Waals surface area contributed by atoms with Gasteiger partial charge < -0.3 is 11.5 Å². The third kappa shape index (κ3) is 4.22. The molecule has 0 saturated heterocycles. The summed E-state index contributed by atoms with van der Waals surface area (Å²) in [6, 6.07) is 14.1. The zero-order valence-corrected chi connectivity index (χ0v) is 19.3. The van der Waals surface area contributed by atoms with Gasteiger partial charge in [0.1, 0.15) is 5.82 Å². The summed E-state index contributed by atoms with van der Waals surface area (Å²) in [5.74, 6) is 0.380. The van der Waals surface area contributed by atoms with Gasteiger partial charge in [0, 0.05) is 39.8 Å². The Hall–Kier alpha value is -4.44. The fourth-order valence-corrected chi connectivity index (χ4v) is 5.15. The summed E-state index contributed by atoms with van der Waals surface area (Å²) in [5.41, 5.74) is 14.8. The smallest absolute Gasteiger partial charge is 0.383 e. The Kier molecular flexibility index (Phi) is 5.81. The summed E-state index contributed by atoms with van der Waals surface area (Å²) in [6.07, 6.45) is 0.599. The lowest BCUT2D eigenvalue weighted by molar-refractivity contribution is -0.137. The number of nitrogens with two attached hydrogens (primary N) is 2. The van der Waals surface area contributed by atoms with Crippen LogP contribution in [0, 0.1) is 0 Å². The van der Waals surface area contributed by atoms with Gasteiger partial charge in [0.2, 0.25) is 0 Å². The molecular formula is C26H18F3N5OS. The van der Waals surface area contributed by atoms with Crippen LogP contribution in [0.4, 0.5) is 35.2 Å². The van der Waals surface area contributed by atoms with E-state index in [0.717, 1.165) is 49.4 Å². The first-order valence-corrected chi connectivity index (χ1v) is 11.6. The van der Waals surface area contributed by atoms with Gasteiger partial charge in [-0.15, -0.1) is 11.3 Å². The van der Waals surface area contributed by atoms with E-state index in [4.69, 9.17) is 11.5 Å². The van der Waals surface area contributed by atoms with Crippen LogP contribution in [0.25, 0.3) is 32.3 Å². The Morgan fingerprint density at radius 2 is 1.61 bits per heavy atom. The second kappa shape index (κ2) is 8.97. The van der Waals surface area contributed by atoms with E-state index in [-0.39, 0.29) is 5.69 Å². The van der Waals surface area contributed by atoms with Gasteiger partial charge in [-0.05, 0) is 59.0 Å². The van der Waals surface area contributed by atoms with Crippen molar-refractivity contribution < 1.29 is 18.0 Å². The van der Waals surface area contributed by atoms with Crippen molar-refractivity contribution in [3.8, 4) is 22.3 Å². The molecule has 0 aliphatic rings. The molecule has 36 heavy (non-hydrogen) atoms. The van der Waals surface area contributed by atoms with E-state index < -0.39 is 17.8 Å². The van der Waals surface area contributed by atoms with Crippen molar-refractivity contribution in [3.05, 3.63) is 90.2 Å². The van der Waals surface area contributed by atoms with Gasteiger partial charge in [0.15, 0.2) is 0 Å². The summed E-state index contributed by atoms with van der Waals surface area (Å²) in [5, 5.41) is 2.77. The Morgan fingerprint density at radius 3 is 2.28 bits per heavy atom. The van der Waals surface area contributed by atoms with Crippen molar-refractivity contribution in [1.29, 1.82) is 0 Å². The predicted octanol–water partition coefficient (Wildman–Crippen LogP) is 6.84. The minimum Gasteiger partial charge on any atom is -0.383 e. The summed E-state index contributed by atoms with van der Waals surface area (Å²) in [6.45, 7) is 0. The van der Waals surface area contributed by atoms with Gasteiger partial charge in [-0.2, -0.15) is 13.2 Å². The molecule has 3 heterocycles. The maximum Gasteiger partial charge on any atom is 0.416 e. The first kappa shape index (κ1) is 23.3. The van der Waals surface area contributed by atoms with Crippen molar-refractivity contribution in [2.45, 2.75) is 6.18 Å². The molecule has 0 radical (unpaired) electrons. The minimum absolute atomic E-state index is 0.0153. The number of rotatable bonds is 4. The third-order valence-electron chi connectivity index (χ3n) is 5.70.